The number of halogens is 2. The molecule has 2 unspecified atom stereocenters. The highest BCUT2D eigenvalue weighted by Gasteiger charge is 2.17. The minimum absolute atomic E-state index is 0.0497. The molecule has 0 aliphatic rings. The van der Waals surface area contributed by atoms with Crippen LogP contribution in [0, 0.1) is 0 Å². The van der Waals surface area contributed by atoms with Crippen LogP contribution >= 0.6 is 35.0 Å². The molecular weight excluding hydrogens is 279 g/mol. The summed E-state index contributed by atoms with van der Waals surface area (Å²) >= 11 is 13.7. The number of anilines is 2. The maximum absolute atomic E-state index is 9.21. The largest absolute Gasteiger partial charge is 0.399 e. The first-order chi connectivity index (χ1) is 7.99. The Labute approximate surface area is 116 Å². The summed E-state index contributed by atoms with van der Waals surface area (Å²) in [5.74, 6) is 0. The highest BCUT2D eigenvalue weighted by molar-refractivity contribution is 7.99. The average Bonchev–Trinajstić information content (AvgIpc) is 2.25. The Balaban J connectivity index is 2.88. The van der Waals surface area contributed by atoms with Gasteiger partial charge in [-0.2, -0.15) is 11.8 Å². The second kappa shape index (κ2) is 6.59. The zero-order valence-corrected chi connectivity index (χ0v) is 12.0. The van der Waals surface area contributed by atoms with Gasteiger partial charge < -0.3 is 16.2 Å². The average molecular weight is 295 g/mol. The Kier molecular flexibility index (Phi) is 5.73. The van der Waals surface area contributed by atoms with E-state index in [4.69, 9.17) is 28.9 Å². The van der Waals surface area contributed by atoms with E-state index in [9.17, 15) is 5.11 Å². The smallest absolute Gasteiger partial charge is 0.0722 e. The number of aliphatic hydroxyl groups excluding tert-OH is 1. The molecule has 4 N–H and O–H groups in total. The summed E-state index contributed by atoms with van der Waals surface area (Å²) < 4.78 is 0. The molecular formula is C11H16Cl2N2OS. The molecule has 0 bridgehead atoms. The Morgan fingerprint density at radius 1 is 1.41 bits per heavy atom. The van der Waals surface area contributed by atoms with Gasteiger partial charge in [-0.15, -0.1) is 0 Å². The quantitative estimate of drug-likeness (QED) is 0.731. The zero-order chi connectivity index (χ0) is 13.0. The molecule has 0 saturated heterocycles. The molecule has 0 saturated carbocycles. The molecule has 0 amide bonds. The summed E-state index contributed by atoms with van der Waals surface area (Å²) in [5.41, 5.74) is 6.82. The van der Waals surface area contributed by atoms with Crippen molar-refractivity contribution in [1.29, 1.82) is 0 Å². The van der Waals surface area contributed by atoms with Gasteiger partial charge in [0, 0.05) is 17.0 Å². The number of hydrogen-bond donors (Lipinski definition) is 3. The summed E-state index contributed by atoms with van der Waals surface area (Å²) in [5, 5.41) is 13.5. The Morgan fingerprint density at radius 3 is 2.35 bits per heavy atom. The number of aliphatic hydroxyl groups is 1. The van der Waals surface area contributed by atoms with E-state index < -0.39 is 0 Å². The van der Waals surface area contributed by atoms with E-state index in [1.165, 1.54) is 0 Å². The Hall–Kier alpha value is -0.290. The SMILES string of the molecule is CSC(CO)C(C)Nc1c(Cl)cc(N)cc1Cl. The van der Waals surface area contributed by atoms with Gasteiger partial charge in [-0.05, 0) is 25.3 Å². The lowest BCUT2D eigenvalue weighted by Gasteiger charge is -2.23. The summed E-state index contributed by atoms with van der Waals surface area (Å²) in [6.45, 7) is 2.07. The van der Waals surface area contributed by atoms with Crippen LogP contribution in [-0.4, -0.2) is 29.3 Å². The van der Waals surface area contributed by atoms with Crippen molar-refractivity contribution in [3.8, 4) is 0 Å². The fourth-order valence-corrected chi connectivity index (χ4v) is 2.73. The standard InChI is InChI=1S/C11H16Cl2N2OS/c1-6(10(5-16)17-2)15-11-8(12)3-7(14)4-9(11)13/h3-4,6,10,15-16H,5,14H2,1-2H3. The first-order valence-electron chi connectivity index (χ1n) is 5.14. The van der Waals surface area contributed by atoms with Gasteiger partial charge in [0.1, 0.15) is 0 Å². The second-order valence-corrected chi connectivity index (χ2v) is 5.64. The van der Waals surface area contributed by atoms with Crippen molar-refractivity contribution in [2.24, 2.45) is 0 Å². The van der Waals surface area contributed by atoms with Gasteiger partial charge in [-0.3, -0.25) is 0 Å². The van der Waals surface area contributed by atoms with Gasteiger partial charge in [0.05, 0.1) is 22.3 Å². The summed E-state index contributed by atoms with van der Waals surface area (Å²) in [6, 6.07) is 3.35. The van der Waals surface area contributed by atoms with Gasteiger partial charge in [-0.1, -0.05) is 23.2 Å². The van der Waals surface area contributed by atoms with Gasteiger partial charge >= 0.3 is 0 Å². The lowest BCUT2D eigenvalue weighted by Crippen LogP contribution is -2.31. The van der Waals surface area contributed by atoms with Crippen LogP contribution < -0.4 is 11.1 Å². The fraction of sp³-hybridized carbons (Fsp3) is 0.455. The second-order valence-electron chi connectivity index (χ2n) is 3.75. The third kappa shape index (κ3) is 3.85. The molecule has 17 heavy (non-hydrogen) atoms. The van der Waals surface area contributed by atoms with E-state index in [1.807, 2.05) is 13.2 Å². The minimum atomic E-state index is 0.0497. The number of nitrogen functional groups attached to an aromatic ring is 1. The first-order valence-corrected chi connectivity index (χ1v) is 7.18. The van der Waals surface area contributed by atoms with Gasteiger partial charge in [0.25, 0.3) is 0 Å². The first kappa shape index (κ1) is 14.8. The van der Waals surface area contributed by atoms with Crippen LogP contribution in [-0.2, 0) is 0 Å². The van der Waals surface area contributed by atoms with E-state index in [0.717, 1.165) is 0 Å². The van der Waals surface area contributed by atoms with E-state index in [-0.39, 0.29) is 17.9 Å². The number of thioether (sulfide) groups is 1. The molecule has 1 rings (SSSR count). The third-order valence-corrected chi connectivity index (χ3v) is 4.24. The Bertz CT molecular complexity index is 363. The highest BCUT2D eigenvalue weighted by atomic mass is 35.5. The molecule has 96 valence electrons. The van der Waals surface area contributed by atoms with Crippen LogP contribution in [0.15, 0.2) is 12.1 Å². The van der Waals surface area contributed by atoms with Crippen molar-refractivity contribution in [2.45, 2.75) is 18.2 Å². The molecule has 0 radical (unpaired) electrons. The summed E-state index contributed by atoms with van der Waals surface area (Å²) in [7, 11) is 0. The minimum Gasteiger partial charge on any atom is -0.399 e. The van der Waals surface area contributed by atoms with Crippen molar-refractivity contribution < 1.29 is 5.11 Å². The molecule has 0 fully saturated rings. The molecule has 6 heteroatoms. The van der Waals surface area contributed by atoms with Gasteiger partial charge in [0.15, 0.2) is 0 Å². The van der Waals surface area contributed by atoms with Crippen molar-refractivity contribution in [3.63, 3.8) is 0 Å². The molecule has 0 aliphatic carbocycles. The molecule has 1 aromatic carbocycles. The van der Waals surface area contributed by atoms with Gasteiger partial charge in [0.2, 0.25) is 0 Å². The zero-order valence-electron chi connectivity index (χ0n) is 9.71. The molecule has 0 aliphatic heterocycles. The Morgan fingerprint density at radius 2 is 1.94 bits per heavy atom. The normalized spacial score (nSPS) is 14.4. The van der Waals surface area contributed by atoms with E-state index >= 15 is 0 Å². The maximum Gasteiger partial charge on any atom is 0.0722 e. The van der Waals surface area contributed by atoms with E-state index in [2.05, 4.69) is 5.32 Å². The number of nitrogens with one attached hydrogen (secondary N) is 1. The van der Waals surface area contributed by atoms with Crippen LogP contribution in [0.1, 0.15) is 6.92 Å². The topological polar surface area (TPSA) is 58.3 Å². The highest BCUT2D eigenvalue weighted by Crippen LogP contribution is 2.34. The van der Waals surface area contributed by atoms with Crippen molar-refractivity contribution in [1.82, 2.24) is 0 Å². The number of nitrogens with two attached hydrogens (primary N) is 1. The molecule has 3 nitrogen and oxygen atoms in total. The monoisotopic (exact) mass is 294 g/mol. The van der Waals surface area contributed by atoms with Crippen LogP contribution in [0.5, 0.6) is 0 Å². The number of hydrogen-bond acceptors (Lipinski definition) is 4. The number of benzene rings is 1. The lowest BCUT2D eigenvalue weighted by molar-refractivity contribution is 0.288. The molecule has 1 aromatic rings. The summed E-state index contributed by atoms with van der Waals surface area (Å²) in [4.78, 5) is 0. The molecule has 0 heterocycles. The van der Waals surface area contributed by atoms with Crippen molar-refractivity contribution >= 4 is 46.3 Å². The van der Waals surface area contributed by atoms with E-state index in [0.29, 0.717) is 21.4 Å². The van der Waals surface area contributed by atoms with Crippen LogP contribution in [0.2, 0.25) is 10.0 Å². The fourth-order valence-electron chi connectivity index (χ4n) is 1.49. The predicted molar refractivity (Wildman–Crippen MR) is 78.3 cm³/mol. The van der Waals surface area contributed by atoms with E-state index in [1.54, 1.807) is 23.9 Å². The van der Waals surface area contributed by atoms with Crippen molar-refractivity contribution in [2.75, 3.05) is 23.9 Å². The molecule has 0 aromatic heterocycles. The molecule has 2 atom stereocenters. The van der Waals surface area contributed by atoms with Gasteiger partial charge in [-0.25, -0.2) is 0 Å². The van der Waals surface area contributed by atoms with Crippen LogP contribution in [0.4, 0.5) is 11.4 Å². The van der Waals surface area contributed by atoms with Crippen LogP contribution in [0.3, 0.4) is 0 Å². The van der Waals surface area contributed by atoms with Crippen molar-refractivity contribution in [3.05, 3.63) is 22.2 Å². The maximum atomic E-state index is 9.21. The number of rotatable bonds is 5. The molecule has 0 spiro atoms. The predicted octanol–water partition coefficient (Wildman–Crippen LogP) is 3.10. The third-order valence-electron chi connectivity index (χ3n) is 2.48. The lowest BCUT2D eigenvalue weighted by atomic mass is 10.2. The van der Waals surface area contributed by atoms with Crippen LogP contribution in [0.25, 0.3) is 0 Å². The summed E-state index contributed by atoms with van der Waals surface area (Å²) in [6.07, 6.45) is 1.95.